The zero-order valence-corrected chi connectivity index (χ0v) is 17.8. The van der Waals surface area contributed by atoms with E-state index in [-0.39, 0.29) is 17.6 Å². The molecular weight excluding hydrogens is 410 g/mol. The maximum atomic E-state index is 11.1. The first-order chi connectivity index (χ1) is 15.4. The van der Waals surface area contributed by atoms with Gasteiger partial charge in [0.1, 0.15) is 11.9 Å². The summed E-state index contributed by atoms with van der Waals surface area (Å²) < 4.78 is 5.53. The highest BCUT2D eigenvalue weighted by Gasteiger charge is 2.24. The van der Waals surface area contributed by atoms with Crippen molar-refractivity contribution >= 4 is 11.5 Å². The Balaban J connectivity index is 1.64. The Morgan fingerprint density at radius 2 is 1.84 bits per heavy atom. The maximum absolute atomic E-state index is 11.1. The summed E-state index contributed by atoms with van der Waals surface area (Å²) in [6.07, 6.45) is 3.35. The Morgan fingerprint density at radius 3 is 2.56 bits per heavy atom. The third-order valence-corrected chi connectivity index (χ3v) is 4.77. The molecule has 0 aliphatic heterocycles. The fraction of sp³-hybridized carbons (Fsp3) is 0.227. The molecule has 4 rings (SSSR count). The number of hydrogen-bond acceptors (Lipinski definition) is 9. The van der Waals surface area contributed by atoms with Crippen molar-refractivity contribution in [2.24, 2.45) is 5.92 Å². The van der Waals surface area contributed by atoms with Gasteiger partial charge in [-0.15, -0.1) is 0 Å². The molecule has 0 radical (unpaired) electrons. The summed E-state index contributed by atoms with van der Waals surface area (Å²) in [6, 6.07) is 11.4. The number of non-ortho nitro benzene ring substituents is 1. The largest absolute Gasteiger partial charge is 0.358 e. The summed E-state index contributed by atoms with van der Waals surface area (Å²) >= 11 is 0. The lowest BCUT2D eigenvalue weighted by Crippen LogP contribution is -2.18. The average molecular weight is 431 g/mol. The fourth-order valence-corrected chi connectivity index (χ4v) is 3.18. The van der Waals surface area contributed by atoms with E-state index in [1.54, 1.807) is 30.6 Å². The normalized spacial score (nSPS) is 12.0. The number of nitro groups is 1. The molecule has 162 valence electrons. The molecule has 0 spiro atoms. The van der Waals surface area contributed by atoms with Crippen LogP contribution >= 0.6 is 0 Å². The molecule has 1 N–H and O–H groups in total. The number of hydrogen-bond donors (Lipinski definition) is 1. The number of benzene rings is 1. The van der Waals surface area contributed by atoms with Crippen molar-refractivity contribution in [3.8, 4) is 22.8 Å². The molecule has 10 nitrogen and oxygen atoms in total. The first-order valence-corrected chi connectivity index (χ1v) is 10.0. The van der Waals surface area contributed by atoms with Crippen LogP contribution in [-0.4, -0.2) is 30.0 Å². The molecular formula is C22H21N7O3. The minimum absolute atomic E-state index is 0.0176. The zero-order valence-electron chi connectivity index (χ0n) is 17.8. The second-order valence-electron chi connectivity index (χ2n) is 7.59. The van der Waals surface area contributed by atoms with Crippen LogP contribution in [0.5, 0.6) is 0 Å². The lowest BCUT2D eigenvalue weighted by atomic mass is 10.0. The van der Waals surface area contributed by atoms with E-state index in [4.69, 9.17) is 4.52 Å². The minimum atomic E-state index is -0.442. The molecule has 0 amide bonds. The summed E-state index contributed by atoms with van der Waals surface area (Å²) in [6.45, 7) is 5.90. The Labute approximate surface area is 183 Å². The van der Waals surface area contributed by atoms with Gasteiger partial charge in [0, 0.05) is 47.4 Å². The molecule has 1 atom stereocenters. The number of aromatic nitrogens is 5. The zero-order chi connectivity index (χ0) is 22.7. The van der Waals surface area contributed by atoms with Gasteiger partial charge in [0.2, 0.25) is 11.7 Å². The summed E-state index contributed by atoms with van der Waals surface area (Å²) in [5.74, 6) is 1.93. The Kier molecular flexibility index (Phi) is 5.84. The van der Waals surface area contributed by atoms with Crippen LogP contribution in [-0.2, 0) is 0 Å². The highest BCUT2D eigenvalue weighted by atomic mass is 16.6. The quantitative estimate of drug-likeness (QED) is 0.329. The Morgan fingerprint density at radius 1 is 1.03 bits per heavy atom. The number of nitro benzene ring substituents is 1. The molecule has 0 aliphatic carbocycles. The van der Waals surface area contributed by atoms with Gasteiger partial charge in [-0.2, -0.15) is 4.98 Å². The second-order valence-corrected chi connectivity index (χ2v) is 7.59. The highest BCUT2D eigenvalue weighted by molar-refractivity contribution is 5.61. The van der Waals surface area contributed by atoms with Gasteiger partial charge in [-0.05, 0) is 25.0 Å². The van der Waals surface area contributed by atoms with Crippen molar-refractivity contribution in [1.82, 2.24) is 25.1 Å². The molecule has 0 aliphatic rings. The molecule has 4 aromatic rings. The highest BCUT2D eigenvalue weighted by Crippen LogP contribution is 2.28. The van der Waals surface area contributed by atoms with E-state index >= 15 is 0 Å². The standard InChI is InChI=1S/C22H21N7O3/c1-13(2)19(22-27-21(28-32-22)16-7-5-9-23-12-16)25-18-10-14(3)24-20(26-18)15-6-4-8-17(11-15)29(30)31/h4-13,19H,1-3H3,(H,24,25,26). The molecule has 3 aromatic heterocycles. The molecule has 1 aromatic carbocycles. The molecule has 0 saturated carbocycles. The summed E-state index contributed by atoms with van der Waals surface area (Å²) in [4.78, 5) is 28.3. The lowest BCUT2D eigenvalue weighted by Gasteiger charge is -2.19. The van der Waals surface area contributed by atoms with Gasteiger partial charge in [0.25, 0.3) is 5.69 Å². The first-order valence-electron chi connectivity index (χ1n) is 10.0. The second kappa shape index (κ2) is 8.88. The van der Waals surface area contributed by atoms with Gasteiger partial charge in [-0.3, -0.25) is 15.1 Å². The lowest BCUT2D eigenvalue weighted by molar-refractivity contribution is -0.384. The van der Waals surface area contributed by atoms with Gasteiger partial charge in [-0.1, -0.05) is 31.1 Å². The van der Waals surface area contributed by atoms with Crippen LogP contribution in [0.1, 0.15) is 31.5 Å². The number of pyridine rings is 1. The average Bonchev–Trinajstić information content (AvgIpc) is 3.27. The molecule has 1 unspecified atom stereocenters. The van der Waals surface area contributed by atoms with Crippen molar-refractivity contribution in [1.29, 1.82) is 0 Å². The Hall–Kier alpha value is -4.21. The van der Waals surface area contributed by atoms with E-state index in [1.165, 1.54) is 12.1 Å². The van der Waals surface area contributed by atoms with Crippen molar-refractivity contribution in [2.75, 3.05) is 5.32 Å². The van der Waals surface area contributed by atoms with E-state index in [0.717, 1.165) is 5.56 Å². The number of anilines is 1. The van der Waals surface area contributed by atoms with E-state index in [9.17, 15) is 10.1 Å². The van der Waals surface area contributed by atoms with Crippen LogP contribution in [0, 0.1) is 23.0 Å². The molecule has 3 heterocycles. The van der Waals surface area contributed by atoms with Gasteiger partial charge in [0.15, 0.2) is 5.82 Å². The van der Waals surface area contributed by atoms with E-state index in [2.05, 4.69) is 30.4 Å². The molecule has 10 heteroatoms. The van der Waals surface area contributed by atoms with Gasteiger partial charge in [-0.25, -0.2) is 9.97 Å². The van der Waals surface area contributed by atoms with Gasteiger partial charge >= 0.3 is 0 Å². The topological polar surface area (TPSA) is 133 Å². The monoisotopic (exact) mass is 431 g/mol. The smallest absolute Gasteiger partial charge is 0.270 e. The molecule has 0 bridgehead atoms. The van der Waals surface area contributed by atoms with Crippen molar-refractivity contribution in [3.63, 3.8) is 0 Å². The maximum Gasteiger partial charge on any atom is 0.270 e. The van der Waals surface area contributed by atoms with Gasteiger partial charge in [0.05, 0.1) is 4.92 Å². The SMILES string of the molecule is Cc1cc(NC(c2nc(-c3cccnc3)no2)C(C)C)nc(-c2cccc([N+](=O)[O-])c2)n1. The number of rotatable bonds is 7. The van der Waals surface area contributed by atoms with Crippen molar-refractivity contribution in [3.05, 3.63) is 76.6 Å². The Bertz CT molecular complexity index is 1240. The third-order valence-electron chi connectivity index (χ3n) is 4.77. The van der Waals surface area contributed by atoms with Crippen LogP contribution in [0.25, 0.3) is 22.8 Å². The van der Waals surface area contributed by atoms with Crippen molar-refractivity contribution in [2.45, 2.75) is 26.8 Å². The first kappa shape index (κ1) is 21.0. The van der Waals surface area contributed by atoms with Crippen LogP contribution in [0.4, 0.5) is 11.5 Å². The number of aryl methyl sites for hydroxylation is 1. The van der Waals surface area contributed by atoms with Crippen LogP contribution in [0.15, 0.2) is 59.4 Å². The third kappa shape index (κ3) is 4.59. The van der Waals surface area contributed by atoms with Crippen LogP contribution < -0.4 is 5.32 Å². The summed E-state index contributed by atoms with van der Waals surface area (Å²) in [5, 5.41) is 18.6. The molecule has 32 heavy (non-hydrogen) atoms. The van der Waals surface area contributed by atoms with E-state index in [0.29, 0.717) is 34.6 Å². The van der Waals surface area contributed by atoms with Gasteiger partial charge < -0.3 is 9.84 Å². The number of nitrogens with one attached hydrogen (secondary N) is 1. The number of nitrogens with zero attached hydrogens (tertiary/aromatic N) is 6. The predicted molar refractivity (Wildman–Crippen MR) is 118 cm³/mol. The molecule has 0 fully saturated rings. The predicted octanol–water partition coefficient (Wildman–Crippen LogP) is 4.61. The minimum Gasteiger partial charge on any atom is -0.358 e. The van der Waals surface area contributed by atoms with Crippen molar-refractivity contribution < 1.29 is 9.45 Å². The van der Waals surface area contributed by atoms with E-state index < -0.39 is 4.92 Å². The summed E-state index contributed by atoms with van der Waals surface area (Å²) in [7, 11) is 0. The summed E-state index contributed by atoms with van der Waals surface area (Å²) in [5.41, 5.74) is 2.02. The van der Waals surface area contributed by atoms with E-state index in [1.807, 2.05) is 32.9 Å². The fourth-order valence-electron chi connectivity index (χ4n) is 3.18. The molecule has 0 saturated heterocycles. The van der Waals surface area contributed by atoms with Crippen LogP contribution in [0.2, 0.25) is 0 Å². The van der Waals surface area contributed by atoms with Crippen LogP contribution in [0.3, 0.4) is 0 Å².